The maximum atomic E-state index is 13.1. The zero-order valence-electron chi connectivity index (χ0n) is 17.4. The summed E-state index contributed by atoms with van der Waals surface area (Å²) in [6.45, 7) is 2.63. The lowest BCUT2D eigenvalue weighted by atomic mass is 9.86. The monoisotopic (exact) mass is 431 g/mol. The van der Waals surface area contributed by atoms with Crippen molar-refractivity contribution in [2.45, 2.75) is 45.1 Å². The Hall–Kier alpha value is -2.80. The van der Waals surface area contributed by atoms with Crippen LogP contribution in [0.5, 0.6) is 0 Å². The van der Waals surface area contributed by atoms with E-state index in [0.717, 1.165) is 73.5 Å². The first-order chi connectivity index (χ1) is 15.3. The van der Waals surface area contributed by atoms with E-state index in [2.05, 4.69) is 43.4 Å². The molecule has 4 heterocycles. The number of piperidine rings is 1. The topological polar surface area (TPSA) is 70.5 Å². The Balaban J connectivity index is 1.29. The van der Waals surface area contributed by atoms with Crippen LogP contribution in [0.1, 0.15) is 47.3 Å². The number of aliphatic imine (C=N–C) groups is 1. The van der Waals surface area contributed by atoms with E-state index >= 15 is 0 Å². The molecule has 0 radical (unpaired) electrons. The molecule has 2 aromatic heterocycles. The summed E-state index contributed by atoms with van der Waals surface area (Å²) in [6, 6.07) is 6.35. The number of aromatic nitrogens is 2. The summed E-state index contributed by atoms with van der Waals surface area (Å²) in [5.41, 5.74) is 4.77. The van der Waals surface area contributed by atoms with Crippen molar-refractivity contribution in [3.05, 3.63) is 46.1 Å². The Bertz CT molecular complexity index is 1190. The fourth-order valence-corrected chi connectivity index (χ4v) is 6.37. The van der Waals surface area contributed by atoms with Crippen molar-refractivity contribution in [2.24, 2.45) is 10.9 Å². The first kappa shape index (κ1) is 18.9. The van der Waals surface area contributed by atoms with Crippen LogP contribution in [0.3, 0.4) is 0 Å². The van der Waals surface area contributed by atoms with Gasteiger partial charge in [-0.3, -0.25) is 9.79 Å². The predicted octanol–water partition coefficient (Wildman–Crippen LogP) is 4.48. The average Bonchev–Trinajstić information content (AvgIpc) is 3.43. The Morgan fingerprint density at radius 1 is 1.16 bits per heavy atom. The molecule has 0 bridgehead atoms. The van der Waals surface area contributed by atoms with Gasteiger partial charge in [-0.05, 0) is 67.3 Å². The molecule has 1 aliphatic carbocycles. The number of likely N-dealkylation sites (tertiary alicyclic amines) is 1. The second-order valence-electron chi connectivity index (χ2n) is 8.74. The molecule has 3 aromatic rings. The molecule has 1 N–H and O–H groups in total. The fraction of sp³-hybridized carbons (Fsp3) is 0.417. The van der Waals surface area contributed by atoms with Crippen LogP contribution < -0.4 is 5.32 Å². The molecule has 1 aromatic carbocycles. The number of hydrogen-bond acceptors (Lipinski definition) is 6. The smallest absolute Gasteiger partial charge is 0.226 e. The summed E-state index contributed by atoms with van der Waals surface area (Å²) >= 11 is 1.73. The normalized spacial score (nSPS) is 20.0. The maximum absolute atomic E-state index is 13.1. The van der Waals surface area contributed by atoms with E-state index in [0.29, 0.717) is 5.91 Å². The van der Waals surface area contributed by atoms with Gasteiger partial charge in [-0.25, -0.2) is 9.97 Å². The molecule has 31 heavy (non-hydrogen) atoms. The first-order valence-corrected chi connectivity index (χ1v) is 12.0. The third kappa shape index (κ3) is 3.41. The number of benzene rings is 1. The van der Waals surface area contributed by atoms with Crippen LogP contribution in [-0.2, 0) is 24.2 Å². The molecule has 158 valence electrons. The minimum atomic E-state index is 0.110. The van der Waals surface area contributed by atoms with Crippen molar-refractivity contribution in [3.63, 3.8) is 0 Å². The highest BCUT2D eigenvalue weighted by atomic mass is 32.1. The molecule has 2 aliphatic heterocycles. The third-order valence-corrected chi connectivity index (χ3v) is 7.93. The van der Waals surface area contributed by atoms with Gasteiger partial charge in [0.1, 0.15) is 17.0 Å². The van der Waals surface area contributed by atoms with Crippen LogP contribution in [0.4, 0.5) is 11.5 Å². The van der Waals surface area contributed by atoms with Gasteiger partial charge < -0.3 is 10.2 Å². The number of nitrogens with one attached hydrogen (secondary N) is 1. The van der Waals surface area contributed by atoms with Crippen molar-refractivity contribution in [1.29, 1.82) is 0 Å². The molecular weight excluding hydrogens is 406 g/mol. The Morgan fingerprint density at radius 3 is 2.97 bits per heavy atom. The second kappa shape index (κ2) is 7.71. The van der Waals surface area contributed by atoms with Gasteiger partial charge in [0.25, 0.3) is 0 Å². The minimum absolute atomic E-state index is 0.110. The zero-order chi connectivity index (χ0) is 20.8. The van der Waals surface area contributed by atoms with Crippen molar-refractivity contribution in [2.75, 3.05) is 18.4 Å². The van der Waals surface area contributed by atoms with Crippen LogP contribution in [0.2, 0.25) is 0 Å². The van der Waals surface area contributed by atoms with Gasteiger partial charge in [0.15, 0.2) is 0 Å². The first-order valence-electron chi connectivity index (χ1n) is 11.2. The van der Waals surface area contributed by atoms with E-state index in [1.165, 1.54) is 28.0 Å². The van der Waals surface area contributed by atoms with Crippen LogP contribution in [0.25, 0.3) is 10.2 Å². The molecule has 1 fully saturated rings. The largest absolute Gasteiger partial charge is 0.342 e. The molecule has 1 saturated heterocycles. The van der Waals surface area contributed by atoms with Crippen LogP contribution in [0.15, 0.2) is 29.5 Å². The maximum Gasteiger partial charge on any atom is 0.226 e. The highest BCUT2D eigenvalue weighted by Gasteiger charge is 2.32. The number of fused-ring (bicyclic) bond motifs is 4. The summed E-state index contributed by atoms with van der Waals surface area (Å²) < 4.78 is 0. The van der Waals surface area contributed by atoms with Crippen molar-refractivity contribution in [1.82, 2.24) is 14.9 Å². The van der Waals surface area contributed by atoms with Crippen molar-refractivity contribution >= 4 is 45.2 Å². The minimum Gasteiger partial charge on any atom is -0.342 e. The lowest BCUT2D eigenvalue weighted by Crippen LogP contribution is -2.41. The second-order valence-corrected chi connectivity index (χ2v) is 9.82. The molecular formula is C24H25N5OS. The number of nitrogens with zero attached hydrogens (tertiary/aromatic N) is 4. The van der Waals surface area contributed by atoms with E-state index in [1.807, 2.05) is 6.21 Å². The predicted molar refractivity (Wildman–Crippen MR) is 124 cm³/mol. The molecule has 0 spiro atoms. The number of anilines is 2. The number of hydrogen-bond donors (Lipinski definition) is 1. The van der Waals surface area contributed by atoms with E-state index in [1.54, 1.807) is 17.7 Å². The quantitative estimate of drug-likeness (QED) is 0.664. The van der Waals surface area contributed by atoms with Gasteiger partial charge in [0, 0.05) is 35.8 Å². The van der Waals surface area contributed by atoms with Gasteiger partial charge in [-0.15, -0.1) is 11.3 Å². The Labute approximate surface area is 185 Å². The lowest BCUT2D eigenvalue weighted by molar-refractivity contribution is -0.136. The third-order valence-electron chi connectivity index (χ3n) is 6.76. The number of carbonyl (C=O) groups excluding carboxylic acids is 1. The number of carbonyl (C=O) groups is 1. The van der Waals surface area contributed by atoms with Crippen LogP contribution in [-0.4, -0.2) is 40.1 Å². The number of thiophene rings is 1. The standard InChI is InChI=1S/C24H25N5OS/c30-24(29-8-2-1-3-9-29)15-5-7-19-20(11-15)31-23-21(19)22(26-14-27-23)28-18-6-4-16-12-25-13-17(16)10-18/h4,6,10,13-15H,1-3,5,7-9,11-12H2,(H,26,27,28). The molecule has 6 nitrogen and oxygen atoms in total. The fourth-order valence-electron chi connectivity index (χ4n) is 5.10. The van der Waals surface area contributed by atoms with Crippen molar-refractivity contribution < 1.29 is 4.79 Å². The van der Waals surface area contributed by atoms with Gasteiger partial charge in [0.05, 0.1) is 11.9 Å². The van der Waals surface area contributed by atoms with E-state index < -0.39 is 0 Å². The van der Waals surface area contributed by atoms with Crippen molar-refractivity contribution in [3.8, 4) is 0 Å². The highest BCUT2D eigenvalue weighted by molar-refractivity contribution is 7.19. The summed E-state index contributed by atoms with van der Waals surface area (Å²) in [7, 11) is 0. The average molecular weight is 432 g/mol. The lowest BCUT2D eigenvalue weighted by Gasteiger charge is -2.32. The molecule has 1 amide bonds. The number of rotatable bonds is 3. The molecule has 1 unspecified atom stereocenters. The summed E-state index contributed by atoms with van der Waals surface area (Å²) in [5, 5.41) is 4.64. The van der Waals surface area contributed by atoms with Crippen LogP contribution in [0, 0.1) is 5.92 Å². The van der Waals surface area contributed by atoms with E-state index in [-0.39, 0.29) is 5.92 Å². The number of aryl methyl sites for hydroxylation is 1. The van der Waals surface area contributed by atoms with Gasteiger partial charge >= 0.3 is 0 Å². The highest BCUT2D eigenvalue weighted by Crippen LogP contribution is 2.41. The van der Waals surface area contributed by atoms with Gasteiger partial charge in [-0.2, -0.15) is 0 Å². The van der Waals surface area contributed by atoms with E-state index in [9.17, 15) is 4.79 Å². The van der Waals surface area contributed by atoms with Gasteiger partial charge in [0.2, 0.25) is 5.91 Å². The SMILES string of the molecule is O=C(C1CCc2c(sc3ncnc(Nc4ccc5c(c4)C=NC5)c23)C1)N1CCCCC1. The summed E-state index contributed by atoms with van der Waals surface area (Å²) in [4.78, 5) is 31.0. The summed E-state index contributed by atoms with van der Waals surface area (Å²) in [5.74, 6) is 1.32. The molecule has 3 aliphatic rings. The molecule has 1 atom stereocenters. The zero-order valence-corrected chi connectivity index (χ0v) is 18.2. The molecule has 7 heteroatoms. The number of amides is 1. The van der Waals surface area contributed by atoms with Gasteiger partial charge in [-0.1, -0.05) is 6.07 Å². The molecule has 6 rings (SSSR count). The summed E-state index contributed by atoms with van der Waals surface area (Å²) in [6.07, 6.45) is 9.77. The Morgan fingerprint density at radius 2 is 2.06 bits per heavy atom. The Kier molecular flexibility index (Phi) is 4.71. The van der Waals surface area contributed by atoms with E-state index in [4.69, 9.17) is 0 Å². The molecule has 0 saturated carbocycles. The van der Waals surface area contributed by atoms with Crippen LogP contribution >= 0.6 is 11.3 Å².